The van der Waals surface area contributed by atoms with Crippen molar-refractivity contribution in [3.05, 3.63) is 21.9 Å². The molecule has 0 N–H and O–H groups in total. The number of hydrogen-bond acceptors (Lipinski definition) is 5. The summed E-state index contributed by atoms with van der Waals surface area (Å²) < 4.78 is 23.1. The van der Waals surface area contributed by atoms with Gasteiger partial charge in [-0.3, -0.25) is 4.79 Å². The number of nitrogens with zero attached hydrogens (tertiary/aromatic N) is 2. The van der Waals surface area contributed by atoms with Gasteiger partial charge in [0.2, 0.25) is 5.91 Å². The smallest absolute Gasteiger partial charge is 0.226 e. The molecule has 2 saturated heterocycles. The van der Waals surface area contributed by atoms with Crippen LogP contribution < -0.4 is 0 Å². The van der Waals surface area contributed by atoms with Crippen molar-refractivity contribution in [1.29, 1.82) is 0 Å². The quantitative estimate of drug-likeness (QED) is 0.786. The first-order valence-electron chi connectivity index (χ1n) is 9.77. The molecule has 0 bridgehead atoms. The van der Waals surface area contributed by atoms with Crippen LogP contribution in [0.4, 0.5) is 0 Å². The van der Waals surface area contributed by atoms with Crippen molar-refractivity contribution < 1.29 is 13.2 Å². The van der Waals surface area contributed by atoms with Crippen molar-refractivity contribution in [1.82, 2.24) is 9.80 Å². The highest BCUT2D eigenvalue weighted by Gasteiger charge is 2.32. The van der Waals surface area contributed by atoms with Crippen LogP contribution in [0.25, 0.3) is 0 Å². The lowest BCUT2D eigenvalue weighted by Crippen LogP contribution is -2.45. The van der Waals surface area contributed by atoms with E-state index in [1.807, 2.05) is 11.3 Å². The van der Waals surface area contributed by atoms with Crippen LogP contribution in [0, 0.1) is 11.8 Å². The fourth-order valence-electron chi connectivity index (χ4n) is 4.54. The summed E-state index contributed by atoms with van der Waals surface area (Å²) in [6, 6.07) is 2.16. The molecule has 0 atom stereocenters. The highest BCUT2D eigenvalue weighted by atomic mass is 32.2. The highest BCUT2D eigenvalue weighted by Crippen LogP contribution is 2.28. The fraction of sp³-hybridized carbons (Fsp3) is 0.737. The Morgan fingerprint density at radius 3 is 2.58 bits per heavy atom. The zero-order chi connectivity index (χ0) is 18.1. The van der Waals surface area contributed by atoms with E-state index < -0.39 is 9.84 Å². The van der Waals surface area contributed by atoms with Gasteiger partial charge in [-0.1, -0.05) is 0 Å². The largest absolute Gasteiger partial charge is 0.338 e. The van der Waals surface area contributed by atoms with E-state index in [4.69, 9.17) is 0 Å². The minimum atomic E-state index is -2.77. The zero-order valence-electron chi connectivity index (χ0n) is 15.2. The van der Waals surface area contributed by atoms with Crippen molar-refractivity contribution in [3.8, 4) is 0 Å². The van der Waals surface area contributed by atoms with Gasteiger partial charge >= 0.3 is 0 Å². The lowest BCUT2D eigenvalue weighted by atomic mass is 9.93. The molecule has 0 saturated carbocycles. The van der Waals surface area contributed by atoms with Crippen LogP contribution in [0.2, 0.25) is 0 Å². The minimum absolute atomic E-state index is 0.165. The van der Waals surface area contributed by atoms with Crippen LogP contribution in [0.3, 0.4) is 0 Å². The van der Waals surface area contributed by atoms with Gasteiger partial charge in [0.1, 0.15) is 9.84 Å². The van der Waals surface area contributed by atoms with Crippen LogP contribution in [0.1, 0.15) is 36.1 Å². The first-order valence-corrected chi connectivity index (χ1v) is 12.5. The molecule has 0 radical (unpaired) electrons. The van der Waals surface area contributed by atoms with Gasteiger partial charge in [0.15, 0.2) is 0 Å². The Hall–Kier alpha value is -0.920. The van der Waals surface area contributed by atoms with E-state index in [2.05, 4.69) is 21.2 Å². The molecule has 26 heavy (non-hydrogen) atoms. The lowest BCUT2D eigenvalue weighted by molar-refractivity contribution is -0.138. The third kappa shape index (κ3) is 4.15. The molecule has 0 aromatic carbocycles. The zero-order valence-corrected chi connectivity index (χ0v) is 16.9. The summed E-state index contributed by atoms with van der Waals surface area (Å²) in [6.07, 6.45) is 4.49. The Bertz CT molecular complexity index is 737. The number of thiophene rings is 1. The molecule has 0 aliphatic carbocycles. The Kier molecular flexibility index (Phi) is 5.39. The number of rotatable bonds is 3. The number of piperidine rings is 1. The second-order valence-corrected chi connectivity index (χ2v) is 11.4. The molecule has 1 aromatic heterocycles. The molecule has 4 rings (SSSR count). The van der Waals surface area contributed by atoms with Gasteiger partial charge in [-0.15, -0.1) is 11.3 Å². The Morgan fingerprint density at radius 1 is 1.12 bits per heavy atom. The molecule has 1 aromatic rings. The van der Waals surface area contributed by atoms with E-state index in [0.29, 0.717) is 23.3 Å². The second-order valence-electron chi connectivity index (χ2n) is 8.05. The maximum absolute atomic E-state index is 12.9. The van der Waals surface area contributed by atoms with E-state index >= 15 is 0 Å². The predicted octanol–water partition coefficient (Wildman–Crippen LogP) is 2.17. The van der Waals surface area contributed by atoms with Gasteiger partial charge in [0, 0.05) is 30.4 Å². The first kappa shape index (κ1) is 18.4. The van der Waals surface area contributed by atoms with Gasteiger partial charge in [-0.25, -0.2) is 8.42 Å². The van der Waals surface area contributed by atoms with E-state index in [1.54, 1.807) is 0 Å². The summed E-state index contributed by atoms with van der Waals surface area (Å²) in [5, 5.41) is 2.13. The second kappa shape index (κ2) is 7.60. The maximum Gasteiger partial charge on any atom is 0.226 e. The molecule has 5 nitrogen and oxygen atoms in total. The predicted molar refractivity (Wildman–Crippen MR) is 104 cm³/mol. The Balaban J connectivity index is 1.24. The molecule has 0 spiro atoms. The average Bonchev–Trinajstić information content (AvgIpc) is 3.11. The Labute approximate surface area is 160 Å². The van der Waals surface area contributed by atoms with Crippen molar-refractivity contribution >= 4 is 27.1 Å². The highest BCUT2D eigenvalue weighted by molar-refractivity contribution is 7.91. The van der Waals surface area contributed by atoms with Crippen molar-refractivity contribution in [2.24, 2.45) is 11.8 Å². The molecule has 3 aliphatic heterocycles. The standard InChI is InChI=1S/C19H28N2O3S2/c22-19(21-9-3-18-17(14-21)4-10-25-18)16-1-7-20(8-2-16)13-15-5-11-26(23,24)12-6-15/h4,10,15-16H,1-3,5-9,11-14H2. The van der Waals surface area contributed by atoms with Crippen LogP contribution in [0.5, 0.6) is 0 Å². The normalized spacial score (nSPS) is 25.2. The van der Waals surface area contributed by atoms with Crippen LogP contribution in [0.15, 0.2) is 11.4 Å². The van der Waals surface area contributed by atoms with Crippen molar-refractivity contribution in [2.45, 2.75) is 38.6 Å². The van der Waals surface area contributed by atoms with Crippen LogP contribution in [-0.2, 0) is 27.6 Å². The topological polar surface area (TPSA) is 57.7 Å². The molecule has 144 valence electrons. The number of carbonyl (C=O) groups is 1. The molecule has 2 fully saturated rings. The SMILES string of the molecule is O=C(C1CCN(CC2CCS(=O)(=O)CC2)CC1)N1CCc2sccc2C1. The number of hydrogen-bond donors (Lipinski definition) is 0. The minimum Gasteiger partial charge on any atom is -0.338 e. The molecule has 1 amide bonds. The van der Waals surface area contributed by atoms with E-state index in [-0.39, 0.29) is 5.92 Å². The average molecular weight is 397 g/mol. The van der Waals surface area contributed by atoms with E-state index in [1.165, 1.54) is 10.4 Å². The van der Waals surface area contributed by atoms with E-state index in [9.17, 15) is 13.2 Å². The van der Waals surface area contributed by atoms with Gasteiger partial charge in [-0.05, 0) is 68.1 Å². The fourth-order valence-corrected chi connectivity index (χ4v) is 7.02. The molecule has 0 unspecified atom stereocenters. The molecular formula is C19H28N2O3S2. The molecule has 3 aliphatic rings. The lowest BCUT2D eigenvalue weighted by Gasteiger charge is -2.37. The number of fused-ring (bicyclic) bond motifs is 1. The Morgan fingerprint density at radius 2 is 1.85 bits per heavy atom. The molecule has 4 heterocycles. The number of amides is 1. The van der Waals surface area contributed by atoms with Gasteiger partial charge < -0.3 is 9.80 Å². The number of likely N-dealkylation sites (tertiary alicyclic amines) is 1. The summed E-state index contributed by atoms with van der Waals surface area (Å²) in [4.78, 5) is 18.8. The van der Waals surface area contributed by atoms with Gasteiger partial charge in [-0.2, -0.15) is 0 Å². The third-order valence-corrected chi connectivity index (χ3v) is 8.99. The number of carbonyl (C=O) groups excluding carboxylic acids is 1. The van der Waals surface area contributed by atoms with E-state index in [0.717, 1.165) is 64.8 Å². The van der Waals surface area contributed by atoms with Crippen LogP contribution >= 0.6 is 11.3 Å². The molecular weight excluding hydrogens is 368 g/mol. The van der Waals surface area contributed by atoms with Gasteiger partial charge in [0.05, 0.1) is 11.5 Å². The number of sulfone groups is 1. The summed E-state index contributed by atoms with van der Waals surface area (Å²) in [5.74, 6) is 1.71. The summed E-state index contributed by atoms with van der Waals surface area (Å²) >= 11 is 1.81. The van der Waals surface area contributed by atoms with Crippen molar-refractivity contribution in [3.63, 3.8) is 0 Å². The first-order chi connectivity index (χ1) is 12.5. The monoisotopic (exact) mass is 396 g/mol. The third-order valence-electron chi connectivity index (χ3n) is 6.25. The van der Waals surface area contributed by atoms with Gasteiger partial charge in [0.25, 0.3) is 0 Å². The van der Waals surface area contributed by atoms with Crippen molar-refractivity contribution in [2.75, 3.05) is 37.7 Å². The summed E-state index contributed by atoms with van der Waals surface area (Å²) in [5.41, 5.74) is 1.33. The molecule has 7 heteroatoms. The van der Waals surface area contributed by atoms with Crippen LogP contribution in [-0.4, -0.2) is 61.8 Å². The summed E-state index contributed by atoms with van der Waals surface area (Å²) in [6.45, 7) is 4.59. The maximum atomic E-state index is 12.9. The summed E-state index contributed by atoms with van der Waals surface area (Å²) in [7, 11) is -2.77.